The Morgan fingerprint density at radius 2 is 2.07 bits per heavy atom. The van der Waals surface area contributed by atoms with Gasteiger partial charge >= 0.3 is 0 Å². The number of fused-ring (bicyclic) bond motifs is 5. The molecule has 3 aliphatic carbocycles. The van der Waals surface area contributed by atoms with E-state index in [1.54, 1.807) is 0 Å². The standard InChI is InChI=1S/C13H19Br/c1-2-3-4-7-12-9-13(12,14)11-6-5-10(12)8-11/h5-6,10-11H,2-4,7-9H2,1H3. The average molecular weight is 255 g/mol. The highest BCUT2D eigenvalue weighted by Gasteiger charge is 2.76. The SMILES string of the molecule is CCCCCC12CC1(Br)C1C=CC2C1. The van der Waals surface area contributed by atoms with E-state index in [2.05, 4.69) is 35.0 Å². The number of rotatable bonds is 4. The monoisotopic (exact) mass is 254 g/mol. The van der Waals surface area contributed by atoms with Crippen LogP contribution >= 0.6 is 15.9 Å². The molecule has 0 N–H and O–H groups in total. The lowest BCUT2D eigenvalue weighted by Gasteiger charge is -2.22. The maximum Gasteiger partial charge on any atom is 0.0388 e. The molecule has 0 spiro atoms. The van der Waals surface area contributed by atoms with Gasteiger partial charge in [0.05, 0.1) is 0 Å². The molecule has 78 valence electrons. The number of hydrogen-bond donors (Lipinski definition) is 0. The van der Waals surface area contributed by atoms with E-state index >= 15 is 0 Å². The van der Waals surface area contributed by atoms with Crippen molar-refractivity contribution < 1.29 is 0 Å². The second-order valence-electron chi connectivity index (χ2n) is 5.49. The van der Waals surface area contributed by atoms with Crippen molar-refractivity contribution in [2.75, 3.05) is 0 Å². The van der Waals surface area contributed by atoms with Crippen molar-refractivity contribution in [3.05, 3.63) is 12.2 Å². The summed E-state index contributed by atoms with van der Waals surface area (Å²) in [5.41, 5.74) is 0.696. The Morgan fingerprint density at radius 1 is 1.29 bits per heavy atom. The molecule has 2 fully saturated rings. The van der Waals surface area contributed by atoms with Crippen LogP contribution in [0.3, 0.4) is 0 Å². The van der Waals surface area contributed by atoms with Crippen molar-refractivity contribution in [2.24, 2.45) is 17.3 Å². The number of alkyl halides is 1. The lowest BCUT2D eigenvalue weighted by atomic mass is 9.85. The highest BCUT2D eigenvalue weighted by atomic mass is 79.9. The van der Waals surface area contributed by atoms with E-state index in [0.29, 0.717) is 9.74 Å². The van der Waals surface area contributed by atoms with Crippen molar-refractivity contribution >= 4 is 15.9 Å². The van der Waals surface area contributed by atoms with Crippen LogP contribution in [0.15, 0.2) is 12.2 Å². The first-order valence-corrected chi connectivity index (χ1v) is 6.89. The molecule has 0 aromatic rings. The molecule has 3 aliphatic rings. The predicted octanol–water partition coefficient (Wildman–Crippen LogP) is 4.30. The fraction of sp³-hybridized carbons (Fsp3) is 0.846. The van der Waals surface area contributed by atoms with Gasteiger partial charge in [-0.2, -0.15) is 0 Å². The second kappa shape index (κ2) is 2.87. The Hall–Kier alpha value is 0.220. The van der Waals surface area contributed by atoms with Crippen molar-refractivity contribution in [1.82, 2.24) is 0 Å². The summed E-state index contributed by atoms with van der Waals surface area (Å²) in [4.78, 5) is 0. The number of allylic oxidation sites excluding steroid dienone is 2. The van der Waals surface area contributed by atoms with E-state index in [4.69, 9.17) is 0 Å². The fourth-order valence-electron chi connectivity index (χ4n) is 3.97. The minimum Gasteiger partial charge on any atom is -0.0845 e. The molecular weight excluding hydrogens is 236 g/mol. The summed E-state index contributed by atoms with van der Waals surface area (Å²) in [5, 5.41) is 0. The minimum atomic E-state index is 0.549. The summed E-state index contributed by atoms with van der Waals surface area (Å²) in [7, 11) is 0. The van der Waals surface area contributed by atoms with Gasteiger partial charge in [-0.1, -0.05) is 54.3 Å². The van der Waals surface area contributed by atoms with E-state index in [1.807, 2.05) is 0 Å². The minimum absolute atomic E-state index is 0.549. The number of hydrogen-bond acceptors (Lipinski definition) is 0. The van der Waals surface area contributed by atoms with Crippen LogP contribution in [0.1, 0.15) is 45.4 Å². The highest BCUT2D eigenvalue weighted by molar-refractivity contribution is 9.10. The summed E-state index contributed by atoms with van der Waals surface area (Å²) >= 11 is 4.03. The van der Waals surface area contributed by atoms with E-state index in [1.165, 1.54) is 38.5 Å². The Labute approximate surface area is 95.3 Å². The summed E-state index contributed by atoms with van der Waals surface area (Å²) in [6, 6.07) is 0. The first-order valence-electron chi connectivity index (χ1n) is 6.10. The van der Waals surface area contributed by atoms with Crippen LogP contribution in [0.4, 0.5) is 0 Å². The van der Waals surface area contributed by atoms with E-state index in [-0.39, 0.29) is 0 Å². The molecule has 14 heavy (non-hydrogen) atoms. The van der Waals surface area contributed by atoms with Gasteiger partial charge in [0.1, 0.15) is 0 Å². The second-order valence-corrected chi connectivity index (χ2v) is 6.90. The van der Waals surface area contributed by atoms with Crippen molar-refractivity contribution in [3.8, 4) is 0 Å². The van der Waals surface area contributed by atoms with Crippen molar-refractivity contribution in [2.45, 2.75) is 49.8 Å². The topological polar surface area (TPSA) is 0 Å². The zero-order valence-corrected chi connectivity index (χ0v) is 10.5. The van der Waals surface area contributed by atoms with Gasteiger partial charge in [-0.3, -0.25) is 0 Å². The van der Waals surface area contributed by atoms with E-state index in [9.17, 15) is 0 Å². The van der Waals surface area contributed by atoms with Crippen molar-refractivity contribution in [1.29, 1.82) is 0 Å². The van der Waals surface area contributed by atoms with Gasteiger partial charge in [-0.05, 0) is 36.5 Å². The van der Waals surface area contributed by atoms with Crippen molar-refractivity contribution in [3.63, 3.8) is 0 Å². The Balaban J connectivity index is 1.71. The van der Waals surface area contributed by atoms with E-state index < -0.39 is 0 Å². The maximum absolute atomic E-state index is 4.03. The quantitative estimate of drug-likeness (QED) is 0.399. The average Bonchev–Trinajstić information content (AvgIpc) is 2.57. The van der Waals surface area contributed by atoms with Crippen LogP contribution in [-0.4, -0.2) is 4.32 Å². The Kier molecular flexibility index (Phi) is 1.94. The fourth-order valence-corrected chi connectivity index (χ4v) is 5.31. The van der Waals surface area contributed by atoms with Crippen LogP contribution in [0.25, 0.3) is 0 Å². The molecule has 0 saturated heterocycles. The zero-order chi connectivity index (χ0) is 9.81. The van der Waals surface area contributed by atoms with Gasteiger partial charge in [0.25, 0.3) is 0 Å². The zero-order valence-electron chi connectivity index (χ0n) is 8.93. The van der Waals surface area contributed by atoms with E-state index in [0.717, 1.165) is 11.8 Å². The molecule has 0 nitrogen and oxygen atoms in total. The summed E-state index contributed by atoms with van der Waals surface area (Å²) in [5.74, 6) is 1.79. The van der Waals surface area contributed by atoms with Gasteiger partial charge in [-0.15, -0.1) is 0 Å². The molecule has 1 heteroatoms. The molecule has 4 atom stereocenters. The molecule has 2 bridgehead atoms. The summed E-state index contributed by atoms with van der Waals surface area (Å²) < 4.78 is 0.549. The predicted molar refractivity (Wildman–Crippen MR) is 63.6 cm³/mol. The van der Waals surface area contributed by atoms with Crippen LogP contribution in [-0.2, 0) is 0 Å². The molecule has 3 rings (SSSR count). The van der Waals surface area contributed by atoms with Gasteiger partial charge in [0.2, 0.25) is 0 Å². The first-order chi connectivity index (χ1) is 6.73. The number of unbranched alkanes of at least 4 members (excludes halogenated alkanes) is 2. The molecule has 4 unspecified atom stereocenters. The smallest absolute Gasteiger partial charge is 0.0388 e. The lowest BCUT2D eigenvalue weighted by Crippen LogP contribution is -2.18. The number of halogens is 1. The highest BCUT2D eigenvalue weighted by Crippen LogP contribution is 2.80. The van der Waals surface area contributed by atoms with Crippen LogP contribution in [0.2, 0.25) is 0 Å². The molecule has 0 amide bonds. The Bertz CT molecular complexity index is 283. The molecule has 2 saturated carbocycles. The maximum atomic E-state index is 4.03. The molecular formula is C13H19Br. The normalized spacial score (nSPS) is 52.4. The molecule has 0 radical (unpaired) electrons. The largest absolute Gasteiger partial charge is 0.0845 e. The lowest BCUT2D eigenvalue weighted by molar-refractivity contribution is 0.355. The molecule has 0 aromatic carbocycles. The summed E-state index contributed by atoms with van der Waals surface area (Å²) in [6.45, 7) is 2.30. The third kappa shape index (κ3) is 0.951. The van der Waals surface area contributed by atoms with Gasteiger partial charge in [0, 0.05) is 4.32 Å². The molecule has 0 aliphatic heterocycles. The third-order valence-electron chi connectivity index (χ3n) is 4.88. The molecule has 0 heterocycles. The summed E-state index contributed by atoms with van der Waals surface area (Å²) in [6.07, 6.45) is 13.6. The van der Waals surface area contributed by atoms with Gasteiger partial charge in [-0.25, -0.2) is 0 Å². The van der Waals surface area contributed by atoms with Crippen LogP contribution < -0.4 is 0 Å². The first kappa shape index (κ1) is 9.45. The van der Waals surface area contributed by atoms with Gasteiger partial charge < -0.3 is 0 Å². The molecule has 0 aromatic heterocycles. The van der Waals surface area contributed by atoms with Gasteiger partial charge in [0.15, 0.2) is 0 Å². The van der Waals surface area contributed by atoms with Crippen LogP contribution in [0, 0.1) is 17.3 Å². The van der Waals surface area contributed by atoms with Crippen LogP contribution in [0.5, 0.6) is 0 Å². The Morgan fingerprint density at radius 3 is 2.71 bits per heavy atom. The third-order valence-corrected chi connectivity index (χ3v) is 6.54.